The lowest BCUT2D eigenvalue weighted by Gasteiger charge is -2.09. The predicted octanol–water partition coefficient (Wildman–Crippen LogP) is 5.56. The van der Waals surface area contributed by atoms with Crippen molar-refractivity contribution in [2.45, 2.75) is 72.6 Å². The third-order valence-corrected chi connectivity index (χ3v) is 4.03. The number of ether oxygens (including phenoxy) is 1. The first-order valence-electron chi connectivity index (χ1n) is 9.03. The molecule has 0 fully saturated rings. The summed E-state index contributed by atoms with van der Waals surface area (Å²) < 4.78 is 4.88. The average molecular weight is 335 g/mol. The molecular weight excluding hydrogens is 300 g/mol. The highest BCUT2D eigenvalue weighted by molar-refractivity contribution is 5.98. The van der Waals surface area contributed by atoms with Crippen LogP contribution in [0, 0.1) is 5.92 Å². The van der Waals surface area contributed by atoms with Gasteiger partial charge in [-0.05, 0) is 66.2 Å². The highest BCUT2D eigenvalue weighted by Crippen LogP contribution is 2.14. The first-order chi connectivity index (χ1) is 11.4. The molecule has 0 radical (unpaired) electrons. The third kappa shape index (κ3) is 11.0. The van der Waals surface area contributed by atoms with Crippen LogP contribution < -0.4 is 0 Å². The van der Waals surface area contributed by atoms with Crippen LogP contribution in [0.1, 0.15) is 72.6 Å². The van der Waals surface area contributed by atoms with Gasteiger partial charge in [0.15, 0.2) is 0 Å². The fraction of sp³-hybridized carbons (Fsp3) is 0.619. The molecule has 0 N–H and O–H groups in total. The maximum Gasteiger partial charge on any atom is 0.316 e. The van der Waals surface area contributed by atoms with Gasteiger partial charge in [-0.1, -0.05) is 29.4 Å². The normalized spacial score (nSPS) is 13.5. The Labute approximate surface area is 147 Å². The van der Waals surface area contributed by atoms with Gasteiger partial charge in [-0.25, -0.2) is 0 Å². The molecule has 0 amide bonds. The smallest absolute Gasteiger partial charge is 0.316 e. The highest BCUT2D eigenvalue weighted by Gasteiger charge is 2.21. The molecule has 0 aromatic heterocycles. The number of allylic oxidation sites excluding steroid dienone is 5. The number of rotatable bonds is 13. The molecule has 0 aromatic rings. The topological polar surface area (TPSA) is 43.4 Å². The predicted molar refractivity (Wildman–Crippen MR) is 101 cm³/mol. The first-order valence-corrected chi connectivity index (χ1v) is 9.03. The molecule has 0 aromatic carbocycles. The van der Waals surface area contributed by atoms with E-state index >= 15 is 0 Å². The van der Waals surface area contributed by atoms with Gasteiger partial charge >= 0.3 is 5.97 Å². The van der Waals surface area contributed by atoms with Crippen molar-refractivity contribution < 1.29 is 14.3 Å². The van der Waals surface area contributed by atoms with Crippen molar-refractivity contribution in [2.24, 2.45) is 5.92 Å². The fourth-order valence-electron chi connectivity index (χ4n) is 2.30. The number of ketones is 1. The zero-order valence-electron chi connectivity index (χ0n) is 15.9. The Balaban J connectivity index is 4.08. The van der Waals surface area contributed by atoms with E-state index in [4.69, 9.17) is 4.74 Å². The Hall–Kier alpha value is -1.64. The zero-order valence-corrected chi connectivity index (χ0v) is 15.9. The molecule has 1 atom stereocenters. The van der Waals surface area contributed by atoms with Crippen LogP contribution >= 0.6 is 0 Å². The van der Waals surface area contributed by atoms with Crippen molar-refractivity contribution in [1.29, 1.82) is 0 Å². The lowest BCUT2D eigenvalue weighted by Crippen LogP contribution is -2.23. The van der Waals surface area contributed by atoms with Crippen LogP contribution in [0.25, 0.3) is 0 Å². The van der Waals surface area contributed by atoms with Crippen LogP contribution in [0.3, 0.4) is 0 Å². The Kier molecular flexibility index (Phi) is 12.8. The third-order valence-electron chi connectivity index (χ3n) is 4.03. The standard InChI is InChI=1S/C21H34O3/c1-6-8-9-10-12-17(3)13-11-14-18(4)15-16-20(22)19(5)21(23)24-7-2/h6,12,14,19H,1,7-11,13,15-16H2,2-5H3/b17-12+,18-14+. The molecule has 24 heavy (non-hydrogen) atoms. The maximum absolute atomic E-state index is 12.0. The summed E-state index contributed by atoms with van der Waals surface area (Å²) in [5.41, 5.74) is 2.62. The number of esters is 1. The minimum Gasteiger partial charge on any atom is -0.465 e. The number of hydrogen-bond donors (Lipinski definition) is 0. The van der Waals surface area contributed by atoms with Crippen molar-refractivity contribution in [1.82, 2.24) is 0 Å². The zero-order chi connectivity index (χ0) is 18.4. The highest BCUT2D eigenvalue weighted by atomic mass is 16.5. The second-order valence-electron chi connectivity index (χ2n) is 6.30. The molecule has 0 aliphatic heterocycles. The van der Waals surface area contributed by atoms with Gasteiger partial charge in [-0.3, -0.25) is 9.59 Å². The minimum absolute atomic E-state index is 0.0421. The molecule has 0 spiro atoms. The molecular formula is C21H34O3. The van der Waals surface area contributed by atoms with E-state index in [0.29, 0.717) is 19.4 Å². The summed E-state index contributed by atoms with van der Waals surface area (Å²) in [6, 6.07) is 0. The molecule has 0 saturated heterocycles. The van der Waals surface area contributed by atoms with E-state index in [9.17, 15) is 9.59 Å². The van der Waals surface area contributed by atoms with E-state index < -0.39 is 11.9 Å². The monoisotopic (exact) mass is 334 g/mol. The maximum atomic E-state index is 12.0. The van der Waals surface area contributed by atoms with Crippen molar-refractivity contribution in [3.8, 4) is 0 Å². The largest absolute Gasteiger partial charge is 0.465 e. The van der Waals surface area contributed by atoms with Gasteiger partial charge in [0, 0.05) is 6.42 Å². The molecule has 0 rings (SSSR count). The molecule has 0 aliphatic rings. The van der Waals surface area contributed by atoms with Gasteiger partial charge in [-0.15, -0.1) is 6.58 Å². The molecule has 3 nitrogen and oxygen atoms in total. The summed E-state index contributed by atoms with van der Waals surface area (Å²) in [5.74, 6) is -1.11. The number of carbonyl (C=O) groups excluding carboxylic acids is 2. The van der Waals surface area contributed by atoms with E-state index in [1.165, 1.54) is 11.1 Å². The van der Waals surface area contributed by atoms with Gasteiger partial charge in [0.05, 0.1) is 6.61 Å². The van der Waals surface area contributed by atoms with Crippen LogP contribution in [-0.4, -0.2) is 18.4 Å². The van der Waals surface area contributed by atoms with Crippen molar-refractivity contribution in [3.63, 3.8) is 0 Å². The lowest BCUT2D eigenvalue weighted by molar-refractivity contribution is -0.150. The second-order valence-corrected chi connectivity index (χ2v) is 6.30. The van der Waals surface area contributed by atoms with Crippen LogP contribution in [0.2, 0.25) is 0 Å². The summed E-state index contributed by atoms with van der Waals surface area (Å²) in [5, 5.41) is 0. The number of unbranched alkanes of at least 4 members (excludes halogenated alkanes) is 2. The van der Waals surface area contributed by atoms with E-state index in [0.717, 1.165) is 32.1 Å². The fourth-order valence-corrected chi connectivity index (χ4v) is 2.30. The summed E-state index contributed by atoms with van der Waals surface area (Å²) in [6.07, 6.45) is 13.0. The summed E-state index contributed by atoms with van der Waals surface area (Å²) in [7, 11) is 0. The molecule has 0 saturated carbocycles. The molecule has 0 aliphatic carbocycles. The Morgan fingerprint density at radius 1 is 1.00 bits per heavy atom. The molecule has 3 heteroatoms. The van der Waals surface area contributed by atoms with Crippen molar-refractivity contribution >= 4 is 11.8 Å². The van der Waals surface area contributed by atoms with Gasteiger partial charge in [-0.2, -0.15) is 0 Å². The van der Waals surface area contributed by atoms with Gasteiger partial charge < -0.3 is 4.74 Å². The van der Waals surface area contributed by atoms with E-state index in [2.05, 4.69) is 25.7 Å². The molecule has 1 unspecified atom stereocenters. The number of carbonyl (C=O) groups is 2. The van der Waals surface area contributed by atoms with Crippen molar-refractivity contribution in [2.75, 3.05) is 6.61 Å². The lowest BCUT2D eigenvalue weighted by atomic mass is 9.99. The van der Waals surface area contributed by atoms with E-state index in [1.54, 1.807) is 13.8 Å². The number of hydrogen-bond acceptors (Lipinski definition) is 3. The average Bonchev–Trinajstić information content (AvgIpc) is 2.56. The minimum atomic E-state index is -0.654. The van der Waals surface area contributed by atoms with Gasteiger partial charge in [0.1, 0.15) is 11.7 Å². The van der Waals surface area contributed by atoms with Gasteiger partial charge in [0.25, 0.3) is 0 Å². The molecule has 136 valence electrons. The van der Waals surface area contributed by atoms with E-state index in [-0.39, 0.29) is 5.78 Å². The second kappa shape index (κ2) is 13.8. The SMILES string of the molecule is C=CCCC/C=C(\C)CC/C=C(\C)CCC(=O)C(C)C(=O)OCC. The molecule has 0 heterocycles. The van der Waals surface area contributed by atoms with Crippen LogP contribution in [-0.2, 0) is 14.3 Å². The summed E-state index contributed by atoms with van der Waals surface area (Å²) in [6.45, 7) is 11.6. The van der Waals surface area contributed by atoms with Crippen molar-refractivity contribution in [3.05, 3.63) is 36.0 Å². The quantitative estimate of drug-likeness (QED) is 0.191. The van der Waals surface area contributed by atoms with Crippen LogP contribution in [0.4, 0.5) is 0 Å². The summed E-state index contributed by atoms with van der Waals surface area (Å²) in [4.78, 5) is 23.5. The Morgan fingerprint density at radius 3 is 2.25 bits per heavy atom. The van der Waals surface area contributed by atoms with Crippen LogP contribution in [0.15, 0.2) is 36.0 Å². The van der Waals surface area contributed by atoms with E-state index in [1.807, 2.05) is 13.0 Å². The summed E-state index contributed by atoms with van der Waals surface area (Å²) >= 11 is 0. The van der Waals surface area contributed by atoms with Gasteiger partial charge in [0.2, 0.25) is 0 Å². The van der Waals surface area contributed by atoms with Crippen LogP contribution in [0.5, 0.6) is 0 Å². The Morgan fingerprint density at radius 2 is 1.62 bits per heavy atom. The Bertz CT molecular complexity index is 458. The number of Topliss-reactive ketones (excluding diaryl/α,β-unsaturated/α-hetero) is 1. The first kappa shape index (κ1) is 22.4. The molecule has 0 bridgehead atoms.